The van der Waals surface area contributed by atoms with Crippen LogP contribution in [0.4, 0.5) is 0 Å². The Kier molecular flexibility index (Phi) is 4.43. The lowest BCUT2D eigenvalue weighted by Crippen LogP contribution is -2.60. The van der Waals surface area contributed by atoms with Crippen LogP contribution >= 0.6 is 11.8 Å². The number of carbonyl (C=O) groups is 1. The van der Waals surface area contributed by atoms with Gasteiger partial charge in [-0.1, -0.05) is 6.07 Å². The van der Waals surface area contributed by atoms with Gasteiger partial charge in [-0.05, 0) is 25.5 Å². The number of aromatic nitrogens is 3. The van der Waals surface area contributed by atoms with Crippen molar-refractivity contribution < 1.29 is 9.53 Å². The number of rotatable bonds is 4. The summed E-state index contributed by atoms with van der Waals surface area (Å²) in [5, 5.41) is 0. The summed E-state index contributed by atoms with van der Waals surface area (Å²) < 4.78 is 6.15. The highest BCUT2D eigenvalue weighted by atomic mass is 32.2. The molecule has 2 saturated heterocycles. The molecule has 6 nitrogen and oxygen atoms in total. The van der Waals surface area contributed by atoms with Crippen molar-refractivity contribution in [2.45, 2.75) is 30.8 Å². The lowest BCUT2D eigenvalue weighted by Gasteiger charge is -2.47. The summed E-state index contributed by atoms with van der Waals surface area (Å²) in [7, 11) is 0. The van der Waals surface area contributed by atoms with Crippen LogP contribution in [0.5, 0.6) is 0 Å². The molecule has 1 amide bonds. The lowest BCUT2D eigenvalue weighted by molar-refractivity contribution is 0.0243. The summed E-state index contributed by atoms with van der Waals surface area (Å²) >= 11 is 1.92. The average molecular weight is 356 g/mol. The number of carbonyl (C=O) groups excluding carboxylic acids is 1. The first-order valence-electron chi connectivity index (χ1n) is 8.37. The number of likely N-dealkylation sites (tertiary alicyclic amines) is 1. The molecule has 0 unspecified atom stereocenters. The number of pyridine rings is 1. The topological polar surface area (TPSA) is 68.2 Å². The molecule has 130 valence electrons. The minimum Gasteiger partial charge on any atom is -0.371 e. The Morgan fingerprint density at radius 2 is 2.20 bits per heavy atom. The van der Waals surface area contributed by atoms with Gasteiger partial charge in [-0.3, -0.25) is 14.8 Å². The number of hydrogen-bond acceptors (Lipinski definition) is 6. The van der Waals surface area contributed by atoms with Gasteiger partial charge < -0.3 is 9.64 Å². The summed E-state index contributed by atoms with van der Waals surface area (Å²) in [6, 6.07) is 5.85. The molecule has 0 N–H and O–H groups in total. The van der Waals surface area contributed by atoms with Crippen molar-refractivity contribution in [3.8, 4) is 0 Å². The second-order valence-corrected chi connectivity index (χ2v) is 8.14. The maximum atomic E-state index is 12.4. The van der Waals surface area contributed by atoms with E-state index in [9.17, 15) is 4.79 Å². The van der Waals surface area contributed by atoms with Crippen LogP contribution in [0, 0.1) is 6.92 Å². The lowest BCUT2D eigenvalue weighted by atomic mass is 9.92. The standard InChI is InChI=1S/C18H20N4O2S/c1-13-7-21-16(8-20-13)17(23)22-11-18(12-22)6-15(10-25-18)24-9-14-4-2-3-5-19-14/h2-5,7-8,15H,6,9-12H2,1H3/t15-/m1/s1. The predicted molar refractivity (Wildman–Crippen MR) is 95.3 cm³/mol. The summed E-state index contributed by atoms with van der Waals surface area (Å²) in [5.41, 5.74) is 2.19. The molecule has 4 rings (SSSR count). The van der Waals surface area contributed by atoms with Gasteiger partial charge in [0.15, 0.2) is 0 Å². The van der Waals surface area contributed by atoms with Crippen molar-refractivity contribution in [1.29, 1.82) is 0 Å². The smallest absolute Gasteiger partial charge is 0.274 e. The SMILES string of the molecule is Cc1cnc(C(=O)N2CC3(C[C@@H](OCc4ccccn4)CS3)C2)cn1. The molecule has 0 bridgehead atoms. The fourth-order valence-corrected chi connectivity index (χ4v) is 4.83. The van der Waals surface area contributed by atoms with E-state index in [4.69, 9.17) is 4.74 Å². The molecule has 0 aromatic carbocycles. The zero-order valence-corrected chi connectivity index (χ0v) is 14.9. The van der Waals surface area contributed by atoms with Crippen molar-refractivity contribution in [1.82, 2.24) is 19.9 Å². The Bertz CT molecular complexity index is 747. The molecule has 25 heavy (non-hydrogen) atoms. The highest BCUT2D eigenvalue weighted by molar-refractivity contribution is 8.01. The van der Waals surface area contributed by atoms with E-state index >= 15 is 0 Å². The van der Waals surface area contributed by atoms with Crippen LogP contribution in [0.2, 0.25) is 0 Å². The first kappa shape index (κ1) is 16.5. The van der Waals surface area contributed by atoms with Gasteiger partial charge in [0.2, 0.25) is 0 Å². The van der Waals surface area contributed by atoms with E-state index in [0.29, 0.717) is 12.3 Å². The quantitative estimate of drug-likeness (QED) is 0.836. The molecular weight excluding hydrogens is 336 g/mol. The number of ether oxygens (including phenoxy) is 1. The molecular formula is C18H20N4O2S. The van der Waals surface area contributed by atoms with Gasteiger partial charge in [-0.25, -0.2) is 4.98 Å². The average Bonchev–Trinajstić information content (AvgIpc) is 3.04. The van der Waals surface area contributed by atoms with Crippen LogP contribution in [0.25, 0.3) is 0 Å². The van der Waals surface area contributed by atoms with E-state index in [0.717, 1.165) is 36.7 Å². The second kappa shape index (κ2) is 6.72. The Labute approximate surface area is 151 Å². The van der Waals surface area contributed by atoms with Crippen LogP contribution < -0.4 is 0 Å². The third-order valence-corrected chi connectivity index (χ3v) is 6.19. The van der Waals surface area contributed by atoms with Crippen molar-refractivity contribution in [2.24, 2.45) is 0 Å². The van der Waals surface area contributed by atoms with Gasteiger partial charge in [-0.2, -0.15) is 0 Å². The monoisotopic (exact) mass is 356 g/mol. The summed E-state index contributed by atoms with van der Waals surface area (Å²) in [4.78, 5) is 26.9. The zero-order chi connectivity index (χ0) is 17.3. The maximum Gasteiger partial charge on any atom is 0.274 e. The van der Waals surface area contributed by atoms with Crippen molar-refractivity contribution in [3.05, 3.63) is 53.9 Å². The summed E-state index contributed by atoms with van der Waals surface area (Å²) in [5.74, 6) is 0.940. The minimum absolute atomic E-state index is 0.0309. The summed E-state index contributed by atoms with van der Waals surface area (Å²) in [6.07, 6.45) is 6.18. The van der Waals surface area contributed by atoms with Crippen LogP contribution in [0.3, 0.4) is 0 Å². The number of nitrogens with zero attached hydrogens (tertiary/aromatic N) is 4. The molecule has 2 aliphatic rings. The predicted octanol–water partition coefficient (Wildman–Crippen LogP) is 2.10. The van der Waals surface area contributed by atoms with Crippen molar-refractivity contribution >= 4 is 17.7 Å². The van der Waals surface area contributed by atoms with E-state index in [1.165, 1.54) is 0 Å². The Morgan fingerprint density at radius 1 is 1.32 bits per heavy atom. The number of hydrogen-bond donors (Lipinski definition) is 0. The molecule has 7 heteroatoms. The molecule has 2 fully saturated rings. The van der Waals surface area contributed by atoms with Crippen LogP contribution in [0.1, 0.15) is 28.3 Å². The van der Waals surface area contributed by atoms with E-state index in [2.05, 4.69) is 15.0 Å². The van der Waals surface area contributed by atoms with E-state index in [-0.39, 0.29) is 16.8 Å². The van der Waals surface area contributed by atoms with Crippen LogP contribution in [-0.2, 0) is 11.3 Å². The molecule has 1 spiro atoms. The number of aryl methyl sites for hydroxylation is 1. The number of amides is 1. The Hall–Kier alpha value is -1.99. The normalized spacial score (nSPS) is 21.3. The van der Waals surface area contributed by atoms with Gasteiger partial charge >= 0.3 is 0 Å². The Morgan fingerprint density at radius 3 is 2.92 bits per heavy atom. The molecule has 2 aliphatic heterocycles. The van der Waals surface area contributed by atoms with Crippen LogP contribution in [0.15, 0.2) is 36.8 Å². The third-order valence-electron chi connectivity index (χ3n) is 4.61. The zero-order valence-electron chi connectivity index (χ0n) is 14.1. The summed E-state index contributed by atoms with van der Waals surface area (Å²) in [6.45, 7) is 3.93. The first-order chi connectivity index (χ1) is 12.1. The molecule has 2 aromatic rings. The van der Waals surface area contributed by atoms with Crippen molar-refractivity contribution in [2.75, 3.05) is 18.8 Å². The molecule has 1 atom stereocenters. The fraction of sp³-hybridized carbons (Fsp3) is 0.444. The van der Waals surface area contributed by atoms with Gasteiger partial charge in [0.25, 0.3) is 5.91 Å². The van der Waals surface area contributed by atoms with Gasteiger partial charge in [0.05, 0.1) is 35.0 Å². The van der Waals surface area contributed by atoms with E-state index in [1.54, 1.807) is 18.6 Å². The number of thioether (sulfide) groups is 1. The third kappa shape index (κ3) is 3.52. The second-order valence-electron chi connectivity index (χ2n) is 6.66. The van der Waals surface area contributed by atoms with Gasteiger partial charge in [0, 0.05) is 31.2 Å². The Balaban J connectivity index is 1.28. The highest BCUT2D eigenvalue weighted by Crippen LogP contribution is 2.46. The minimum atomic E-state index is -0.0309. The maximum absolute atomic E-state index is 12.4. The molecule has 2 aromatic heterocycles. The highest BCUT2D eigenvalue weighted by Gasteiger charge is 2.51. The van der Waals surface area contributed by atoms with E-state index < -0.39 is 0 Å². The van der Waals surface area contributed by atoms with Crippen LogP contribution in [-0.4, -0.2) is 55.5 Å². The molecule has 0 aliphatic carbocycles. The van der Waals surface area contributed by atoms with Gasteiger partial charge in [-0.15, -0.1) is 11.8 Å². The molecule has 0 saturated carbocycles. The van der Waals surface area contributed by atoms with Crippen molar-refractivity contribution in [3.63, 3.8) is 0 Å². The fourth-order valence-electron chi connectivity index (χ4n) is 3.27. The van der Waals surface area contributed by atoms with E-state index in [1.807, 2.05) is 41.8 Å². The molecule has 0 radical (unpaired) electrons. The first-order valence-corrected chi connectivity index (χ1v) is 9.36. The van der Waals surface area contributed by atoms with Gasteiger partial charge in [0.1, 0.15) is 5.69 Å². The molecule has 4 heterocycles. The largest absolute Gasteiger partial charge is 0.371 e.